The number of methoxy groups -OCH3 is 1. The molecule has 0 spiro atoms. The van der Waals surface area contributed by atoms with Gasteiger partial charge in [-0.15, -0.1) is 0 Å². The molecule has 0 saturated heterocycles. The third kappa shape index (κ3) is 5.20. The Kier molecular flexibility index (Phi) is 6.42. The predicted octanol–water partition coefficient (Wildman–Crippen LogP) is 3.94. The van der Waals surface area contributed by atoms with Crippen molar-refractivity contribution in [3.05, 3.63) is 48.5 Å². The molecular weight excluding hydrogens is 280 g/mol. The quantitative estimate of drug-likeness (QED) is 0.657. The van der Waals surface area contributed by atoms with Crippen molar-refractivity contribution < 1.29 is 18.9 Å². The molecule has 0 heterocycles. The van der Waals surface area contributed by atoms with Gasteiger partial charge < -0.3 is 18.9 Å². The van der Waals surface area contributed by atoms with E-state index in [9.17, 15) is 0 Å². The summed E-state index contributed by atoms with van der Waals surface area (Å²) >= 11 is 0. The van der Waals surface area contributed by atoms with Crippen LogP contribution in [0.25, 0.3) is 0 Å². The van der Waals surface area contributed by atoms with Gasteiger partial charge in [-0.3, -0.25) is 0 Å². The van der Waals surface area contributed by atoms with Gasteiger partial charge in [-0.05, 0) is 43.3 Å². The van der Waals surface area contributed by atoms with Crippen molar-refractivity contribution in [2.24, 2.45) is 0 Å². The lowest BCUT2D eigenvalue weighted by Gasteiger charge is -2.09. The van der Waals surface area contributed by atoms with Crippen LogP contribution < -0.4 is 18.9 Å². The maximum atomic E-state index is 5.66. The SMILES string of the molecule is CCOc1ccc(OCCCOc2cccc(OC)c2)cc1. The zero-order valence-electron chi connectivity index (χ0n) is 13.1. The number of benzene rings is 2. The summed E-state index contributed by atoms with van der Waals surface area (Å²) in [5.41, 5.74) is 0. The van der Waals surface area contributed by atoms with Gasteiger partial charge in [0.25, 0.3) is 0 Å². The van der Waals surface area contributed by atoms with Crippen LogP contribution in [-0.4, -0.2) is 26.9 Å². The maximum Gasteiger partial charge on any atom is 0.122 e. The van der Waals surface area contributed by atoms with Gasteiger partial charge in [-0.2, -0.15) is 0 Å². The Labute approximate surface area is 131 Å². The van der Waals surface area contributed by atoms with Gasteiger partial charge in [0, 0.05) is 12.5 Å². The molecular formula is C18H22O4. The molecule has 2 aromatic rings. The lowest BCUT2D eigenvalue weighted by molar-refractivity contribution is 0.246. The average Bonchev–Trinajstić information content (AvgIpc) is 2.56. The number of hydrogen-bond donors (Lipinski definition) is 0. The highest BCUT2D eigenvalue weighted by Gasteiger charge is 1.98. The Balaban J connectivity index is 1.66. The molecule has 0 atom stereocenters. The molecule has 4 heteroatoms. The van der Waals surface area contributed by atoms with Gasteiger partial charge in [-0.25, -0.2) is 0 Å². The van der Waals surface area contributed by atoms with Crippen molar-refractivity contribution in [2.75, 3.05) is 26.9 Å². The van der Waals surface area contributed by atoms with Crippen LogP contribution in [0.15, 0.2) is 48.5 Å². The molecule has 0 amide bonds. The summed E-state index contributed by atoms with van der Waals surface area (Å²) in [5.74, 6) is 3.30. The molecule has 0 aliphatic heterocycles. The smallest absolute Gasteiger partial charge is 0.122 e. The number of hydrogen-bond acceptors (Lipinski definition) is 4. The number of rotatable bonds is 9. The fourth-order valence-electron chi connectivity index (χ4n) is 1.93. The molecule has 22 heavy (non-hydrogen) atoms. The van der Waals surface area contributed by atoms with Crippen molar-refractivity contribution in [3.63, 3.8) is 0 Å². The van der Waals surface area contributed by atoms with E-state index in [4.69, 9.17) is 18.9 Å². The van der Waals surface area contributed by atoms with E-state index in [0.29, 0.717) is 19.8 Å². The summed E-state index contributed by atoms with van der Waals surface area (Å²) < 4.78 is 21.9. The van der Waals surface area contributed by atoms with E-state index in [1.54, 1.807) is 7.11 Å². The average molecular weight is 302 g/mol. The summed E-state index contributed by atoms with van der Waals surface area (Å²) in [6, 6.07) is 15.2. The summed E-state index contributed by atoms with van der Waals surface area (Å²) in [4.78, 5) is 0. The van der Waals surface area contributed by atoms with Crippen molar-refractivity contribution in [2.45, 2.75) is 13.3 Å². The Hall–Kier alpha value is -2.36. The molecule has 0 N–H and O–H groups in total. The van der Waals surface area contributed by atoms with Crippen LogP contribution in [0.1, 0.15) is 13.3 Å². The molecule has 0 aliphatic carbocycles. The second kappa shape index (κ2) is 8.82. The van der Waals surface area contributed by atoms with Gasteiger partial charge in [-0.1, -0.05) is 6.07 Å². The monoisotopic (exact) mass is 302 g/mol. The molecule has 4 nitrogen and oxygen atoms in total. The lowest BCUT2D eigenvalue weighted by Crippen LogP contribution is -2.05. The molecule has 0 aliphatic rings. The minimum Gasteiger partial charge on any atom is -0.497 e. The highest BCUT2D eigenvalue weighted by Crippen LogP contribution is 2.19. The molecule has 2 rings (SSSR count). The van der Waals surface area contributed by atoms with Crippen LogP contribution in [0.5, 0.6) is 23.0 Å². The topological polar surface area (TPSA) is 36.9 Å². The first-order valence-electron chi connectivity index (χ1n) is 7.44. The summed E-state index contributed by atoms with van der Waals surface area (Å²) in [6.45, 7) is 3.84. The van der Waals surface area contributed by atoms with Crippen molar-refractivity contribution in [1.82, 2.24) is 0 Å². The molecule has 0 saturated carbocycles. The fraction of sp³-hybridized carbons (Fsp3) is 0.333. The number of ether oxygens (including phenoxy) is 4. The van der Waals surface area contributed by atoms with Crippen molar-refractivity contribution in [3.8, 4) is 23.0 Å². The first kappa shape index (κ1) is 16.0. The van der Waals surface area contributed by atoms with Gasteiger partial charge in [0.15, 0.2) is 0 Å². The Bertz CT molecular complexity index is 551. The van der Waals surface area contributed by atoms with Crippen molar-refractivity contribution in [1.29, 1.82) is 0 Å². The minimum atomic E-state index is 0.601. The highest BCUT2D eigenvalue weighted by molar-refractivity contribution is 5.33. The second-order valence-electron chi connectivity index (χ2n) is 4.63. The van der Waals surface area contributed by atoms with E-state index >= 15 is 0 Å². The van der Waals surface area contributed by atoms with Crippen LogP contribution >= 0.6 is 0 Å². The Morgan fingerprint density at radius 3 is 1.95 bits per heavy atom. The minimum absolute atomic E-state index is 0.601. The fourth-order valence-corrected chi connectivity index (χ4v) is 1.93. The van der Waals surface area contributed by atoms with E-state index < -0.39 is 0 Å². The van der Waals surface area contributed by atoms with E-state index in [0.717, 1.165) is 29.4 Å². The molecule has 0 fully saturated rings. The van der Waals surface area contributed by atoms with Crippen LogP contribution in [0.4, 0.5) is 0 Å². The molecule has 118 valence electrons. The molecule has 0 bridgehead atoms. The van der Waals surface area contributed by atoms with Gasteiger partial charge in [0.2, 0.25) is 0 Å². The normalized spacial score (nSPS) is 10.1. The second-order valence-corrected chi connectivity index (χ2v) is 4.63. The highest BCUT2D eigenvalue weighted by atomic mass is 16.5. The molecule has 0 radical (unpaired) electrons. The van der Waals surface area contributed by atoms with Crippen LogP contribution in [-0.2, 0) is 0 Å². The molecule has 0 unspecified atom stereocenters. The van der Waals surface area contributed by atoms with Crippen molar-refractivity contribution >= 4 is 0 Å². The first-order chi connectivity index (χ1) is 10.8. The van der Waals surface area contributed by atoms with Gasteiger partial charge >= 0.3 is 0 Å². The molecule has 2 aromatic carbocycles. The van der Waals surface area contributed by atoms with Gasteiger partial charge in [0.05, 0.1) is 26.9 Å². The zero-order valence-corrected chi connectivity index (χ0v) is 13.1. The summed E-state index contributed by atoms with van der Waals surface area (Å²) in [6.07, 6.45) is 0.810. The first-order valence-corrected chi connectivity index (χ1v) is 7.44. The Morgan fingerprint density at radius 2 is 1.32 bits per heavy atom. The maximum absolute atomic E-state index is 5.66. The van der Waals surface area contributed by atoms with E-state index in [2.05, 4.69) is 0 Å². The molecule has 0 aromatic heterocycles. The standard InChI is InChI=1S/C18H22O4/c1-3-20-15-8-10-16(11-9-15)21-12-5-13-22-18-7-4-6-17(14-18)19-2/h4,6-11,14H,3,5,12-13H2,1-2H3. The van der Waals surface area contributed by atoms with Gasteiger partial charge in [0.1, 0.15) is 23.0 Å². The van der Waals surface area contributed by atoms with Crippen LogP contribution in [0.2, 0.25) is 0 Å². The summed E-state index contributed by atoms with van der Waals surface area (Å²) in [7, 11) is 1.64. The van der Waals surface area contributed by atoms with E-state index in [1.165, 1.54) is 0 Å². The van der Waals surface area contributed by atoms with Crippen LogP contribution in [0.3, 0.4) is 0 Å². The third-order valence-corrected chi connectivity index (χ3v) is 3.00. The predicted molar refractivity (Wildman–Crippen MR) is 86.2 cm³/mol. The van der Waals surface area contributed by atoms with E-state index in [1.807, 2.05) is 55.5 Å². The summed E-state index contributed by atoms with van der Waals surface area (Å²) in [5, 5.41) is 0. The van der Waals surface area contributed by atoms with Crippen LogP contribution in [0, 0.1) is 0 Å². The third-order valence-electron chi connectivity index (χ3n) is 3.00. The van der Waals surface area contributed by atoms with E-state index in [-0.39, 0.29) is 0 Å². The zero-order chi connectivity index (χ0) is 15.6. The largest absolute Gasteiger partial charge is 0.497 e. The lowest BCUT2D eigenvalue weighted by atomic mass is 10.3. The Morgan fingerprint density at radius 1 is 0.727 bits per heavy atom.